The topological polar surface area (TPSA) is 111 Å². The number of likely N-dealkylation sites (N-methyl/N-ethyl adjacent to an activating group) is 1. The summed E-state index contributed by atoms with van der Waals surface area (Å²) in [5, 5.41) is 0. The van der Waals surface area contributed by atoms with Gasteiger partial charge in [0.25, 0.3) is 7.82 Å². The second-order valence-electron chi connectivity index (χ2n) is 12.9. The molecular formula is C33H66NO8P. The Morgan fingerprint density at radius 2 is 1.05 bits per heavy atom. The van der Waals surface area contributed by atoms with E-state index in [0.29, 0.717) is 17.4 Å². The van der Waals surface area contributed by atoms with E-state index in [1.165, 1.54) is 83.5 Å². The molecule has 0 aliphatic heterocycles. The lowest BCUT2D eigenvalue weighted by Gasteiger charge is -2.28. The number of hydrogen-bond acceptors (Lipinski definition) is 8. The Bertz CT molecular complexity index is 728. The van der Waals surface area contributed by atoms with Crippen molar-refractivity contribution in [2.45, 2.75) is 155 Å². The molecule has 43 heavy (non-hydrogen) atoms. The molecule has 0 saturated heterocycles. The van der Waals surface area contributed by atoms with Crippen molar-refractivity contribution in [1.29, 1.82) is 0 Å². The first kappa shape index (κ1) is 42.0. The first-order valence-electron chi connectivity index (χ1n) is 17.2. The highest BCUT2D eigenvalue weighted by molar-refractivity contribution is 7.45. The molecule has 0 aromatic heterocycles. The van der Waals surface area contributed by atoms with E-state index in [-0.39, 0.29) is 32.0 Å². The Labute approximate surface area is 264 Å². The van der Waals surface area contributed by atoms with Crippen LogP contribution in [0.15, 0.2) is 0 Å². The molecule has 0 bridgehead atoms. The largest absolute Gasteiger partial charge is 0.756 e. The van der Waals surface area contributed by atoms with Crippen molar-refractivity contribution in [3.63, 3.8) is 0 Å². The Kier molecular flexibility index (Phi) is 26.7. The molecule has 0 aliphatic carbocycles. The van der Waals surface area contributed by atoms with Crippen molar-refractivity contribution in [3.05, 3.63) is 0 Å². The summed E-state index contributed by atoms with van der Waals surface area (Å²) in [4.78, 5) is 37.0. The first-order chi connectivity index (χ1) is 20.5. The molecule has 256 valence electrons. The highest BCUT2D eigenvalue weighted by Gasteiger charge is 2.21. The number of phosphoric ester groups is 1. The maximum absolute atomic E-state index is 12.5. The van der Waals surface area contributed by atoms with Crippen molar-refractivity contribution < 1.29 is 42.1 Å². The molecule has 0 fully saturated rings. The van der Waals surface area contributed by atoms with Crippen LogP contribution in [0.3, 0.4) is 0 Å². The zero-order valence-corrected chi connectivity index (χ0v) is 29.3. The normalized spacial score (nSPS) is 13.9. The number of carbonyl (C=O) groups is 2. The fraction of sp³-hybridized carbons (Fsp3) is 0.939. The number of hydrogen-bond donors (Lipinski definition) is 0. The van der Waals surface area contributed by atoms with Crippen molar-refractivity contribution in [2.75, 3.05) is 47.5 Å². The van der Waals surface area contributed by atoms with Crippen LogP contribution < -0.4 is 4.89 Å². The van der Waals surface area contributed by atoms with Crippen LogP contribution in [0.2, 0.25) is 0 Å². The molecule has 0 spiro atoms. The molecular weight excluding hydrogens is 569 g/mol. The van der Waals surface area contributed by atoms with Crippen molar-refractivity contribution in [2.24, 2.45) is 0 Å². The molecule has 2 atom stereocenters. The van der Waals surface area contributed by atoms with E-state index in [2.05, 4.69) is 13.8 Å². The van der Waals surface area contributed by atoms with E-state index in [9.17, 15) is 19.0 Å². The van der Waals surface area contributed by atoms with Gasteiger partial charge in [0.15, 0.2) is 6.10 Å². The van der Waals surface area contributed by atoms with Gasteiger partial charge < -0.3 is 27.9 Å². The van der Waals surface area contributed by atoms with Gasteiger partial charge in [0.2, 0.25) is 0 Å². The van der Waals surface area contributed by atoms with Crippen molar-refractivity contribution in [1.82, 2.24) is 0 Å². The Balaban J connectivity index is 4.48. The van der Waals surface area contributed by atoms with Gasteiger partial charge in [-0.05, 0) is 12.8 Å². The summed E-state index contributed by atoms with van der Waals surface area (Å²) < 4.78 is 33.5. The third-order valence-corrected chi connectivity index (χ3v) is 8.34. The highest BCUT2D eigenvalue weighted by atomic mass is 31.2. The third kappa shape index (κ3) is 30.8. The number of ether oxygens (including phenoxy) is 2. The van der Waals surface area contributed by atoms with E-state index in [4.69, 9.17) is 18.5 Å². The van der Waals surface area contributed by atoms with Crippen LogP contribution in [0.5, 0.6) is 0 Å². The summed E-state index contributed by atoms with van der Waals surface area (Å²) in [7, 11) is 1.17. The number of esters is 2. The monoisotopic (exact) mass is 635 g/mol. The number of quaternary nitrogens is 1. The lowest BCUT2D eigenvalue weighted by Crippen LogP contribution is -2.37. The molecule has 0 N–H and O–H groups in total. The Hall–Kier alpha value is -0.990. The number of unbranched alkanes of at least 4 members (excludes halogenated alkanes) is 17. The predicted octanol–water partition coefficient (Wildman–Crippen LogP) is 7.88. The minimum absolute atomic E-state index is 0.0266. The lowest BCUT2D eigenvalue weighted by molar-refractivity contribution is -0.870. The van der Waals surface area contributed by atoms with Crippen LogP contribution in [0, 0.1) is 0 Å². The van der Waals surface area contributed by atoms with Crippen LogP contribution in [0.25, 0.3) is 0 Å². The minimum atomic E-state index is -4.60. The summed E-state index contributed by atoms with van der Waals surface area (Å²) in [6, 6.07) is 0. The van der Waals surface area contributed by atoms with Gasteiger partial charge in [-0.1, -0.05) is 123 Å². The van der Waals surface area contributed by atoms with Gasteiger partial charge in [0, 0.05) is 12.8 Å². The first-order valence-corrected chi connectivity index (χ1v) is 18.7. The molecule has 0 radical (unpaired) electrons. The van der Waals surface area contributed by atoms with Gasteiger partial charge in [-0.3, -0.25) is 14.2 Å². The highest BCUT2D eigenvalue weighted by Crippen LogP contribution is 2.38. The lowest BCUT2D eigenvalue weighted by atomic mass is 10.1. The van der Waals surface area contributed by atoms with E-state index in [1.54, 1.807) is 0 Å². The zero-order chi connectivity index (χ0) is 32.2. The number of carbonyl (C=O) groups excluding carboxylic acids is 2. The van der Waals surface area contributed by atoms with Gasteiger partial charge in [-0.2, -0.15) is 0 Å². The van der Waals surface area contributed by atoms with Gasteiger partial charge in [0.1, 0.15) is 19.8 Å². The minimum Gasteiger partial charge on any atom is -0.756 e. The molecule has 1 unspecified atom stereocenters. The fourth-order valence-electron chi connectivity index (χ4n) is 4.59. The maximum Gasteiger partial charge on any atom is 0.306 e. The zero-order valence-electron chi connectivity index (χ0n) is 28.4. The van der Waals surface area contributed by atoms with Crippen molar-refractivity contribution >= 4 is 19.8 Å². The maximum atomic E-state index is 12.5. The van der Waals surface area contributed by atoms with Crippen LogP contribution in [-0.2, 0) is 32.7 Å². The second-order valence-corrected chi connectivity index (χ2v) is 14.3. The molecule has 0 rings (SSSR count). The second kappa shape index (κ2) is 27.3. The third-order valence-electron chi connectivity index (χ3n) is 7.38. The smallest absolute Gasteiger partial charge is 0.306 e. The molecule has 9 nitrogen and oxygen atoms in total. The van der Waals surface area contributed by atoms with Crippen molar-refractivity contribution in [3.8, 4) is 0 Å². The molecule has 0 amide bonds. The average Bonchev–Trinajstić information content (AvgIpc) is 2.93. The molecule has 0 saturated carbocycles. The predicted molar refractivity (Wildman–Crippen MR) is 172 cm³/mol. The van der Waals surface area contributed by atoms with Gasteiger partial charge in [-0.25, -0.2) is 0 Å². The van der Waals surface area contributed by atoms with Crippen LogP contribution in [-0.4, -0.2) is 70.0 Å². The van der Waals surface area contributed by atoms with E-state index >= 15 is 0 Å². The Morgan fingerprint density at radius 3 is 1.49 bits per heavy atom. The molecule has 0 aromatic rings. The van der Waals surface area contributed by atoms with Gasteiger partial charge >= 0.3 is 11.9 Å². The van der Waals surface area contributed by atoms with Crippen LogP contribution in [0.4, 0.5) is 0 Å². The quantitative estimate of drug-likeness (QED) is 0.0327. The van der Waals surface area contributed by atoms with Crippen LogP contribution >= 0.6 is 7.82 Å². The van der Waals surface area contributed by atoms with E-state index < -0.39 is 26.5 Å². The van der Waals surface area contributed by atoms with Gasteiger partial charge in [-0.15, -0.1) is 0 Å². The summed E-state index contributed by atoms with van der Waals surface area (Å²) in [6.45, 7) is 4.17. The number of rotatable bonds is 31. The van der Waals surface area contributed by atoms with E-state index in [1.807, 2.05) is 21.1 Å². The summed E-state index contributed by atoms with van der Waals surface area (Å²) in [5.74, 6) is -0.836. The standard InChI is InChI=1S/C33H66NO8P/c1-6-8-10-12-14-16-17-18-20-22-24-26-33(36)42-31(30-41-43(37,38)40-28-27-34(3,4)5)29-39-32(35)25-23-21-19-15-13-11-9-7-2/h31H,6-30H2,1-5H3/t31-/m1/s1. The van der Waals surface area contributed by atoms with Crippen LogP contribution in [0.1, 0.15) is 149 Å². The summed E-state index contributed by atoms with van der Waals surface area (Å²) >= 11 is 0. The molecule has 0 heterocycles. The molecule has 0 aliphatic rings. The van der Waals surface area contributed by atoms with E-state index in [0.717, 1.165) is 32.1 Å². The summed E-state index contributed by atoms with van der Waals surface area (Å²) in [5.41, 5.74) is 0. The number of phosphoric acid groups is 1. The SMILES string of the molecule is CCCCCCCCCCCCCC(=O)O[C@H](COC(=O)CCCCCCCCCC)COP(=O)([O-])OCC[N+](C)(C)C. The average molecular weight is 636 g/mol. The fourth-order valence-corrected chi connectivity index (χ4v) is 5.32. The number of nitrogens with zero attached hydrogens (tertiary/aromatic N) is 1. The Morgan fingerprint density at radius 1 is 0.628 bits per heavy atom. The van der Waals surface area contributed by atoms with Gasteiger partial charge in [0.05, 0.1) is 27.7 Å². The molecule has 0 aromatic carbocycles. The summed E-state index contributed by atoms with van der Waals surface area (Å²) in [6.07, 6.45) is 21.4. The molecule has 10 heteroatoms.